The van der Waals surface area contributed by atoms with Crippen molar-refractivity contribution in [1.29, 1.82) is 0 Å². The van der Waals surface area contributed by atoms with Crippen LogP contribution in [0.1, 0.15) is 72.1 Å². The lowest BCUT2D eigenvalue weighted by Gasteiger charge is -2.38. The van der Waals surface area contributed by atoms with E-state index in [0.717, 1.165) is 32.1 Å². The molecule has 2 aliphatic heterocycles. The summed E-state index contributed by atoms with van der Waals surface area (Å²) in [5.41, 5.74) is -0.448. The Kier molecular flexibility index (Phi) is 7.89. The molecule has 1 unspecified atom stereocenters. The van der Waals surface area contributed by atoms with Crippen LogP contribution >= 0.6 is 0 Å². The van der Waals surface area contributed by atoms with Crippen LogP contribution < -0.4 is 0 Å². The second-order valence-corrected chi connectivity index (χ2v) is 12.8. The maximum atomic E-state index is 13.1. The smallest absolute Gasteiger partial charge is 0.309 e. The van der Waals surface area contributed by atoms with E-state index in [1.807, 2.05) is 20.8 Å². The summed E-state index contributed by atoms with van der Waals surface area (Å²) in [6, 6.07) is -0.291. The topological polar surface area (TPSA) is 101 Å². The Hall–Kier alpha value is -1.64. The maximum absolute atomic E-state index is 13.1. The first-order valence-electron chi connectivity index (χ1n) is 12.0. The zero-order chi connectivity index (χ0) is 23.5. The zero-order valence-corrected chi connectivity index (χ0v) is 20.5. The minimum atomic E-state index is -3.12. The summed E-state index contributed by atoms with van der Waals surface area (Å²) in [4.78, 5) is 41.6. The molecule has 1 aliphatic carbocycles. The van der Waals surface area contributed by atoms with Crippen molar-refractivity contribution in [2.45, 2.75) is 84.2 Å². The average Bonchev–Trinajstić information content (AvgIpc) is 3.11. The van der Waals surface area contributed by atoms with Crippen molar-refractivity contribution in [3.05, 3.63) is 0 Å². The number of hydrogen-bond donors (Lipinski definition) is 0. The molecule has 0 aromatic heterocycles. The minimum Gasteiger partial charge on any atom is -0.455 e. The number of esters is 1. The number of amides is 2. The molecule has 3 aliphatic rings. The molecule has 182 valence electrons. The molecule has 0 spiro atoms. The number of nitrogens with zero attached hydrogens (tertiary/aromatic N) is 2. The van der Waals surface area contributed by atoms with E-state index in [-0.39, 0.29) is 47.9 Å². The third-order valence-electron chi connectivity index (χ3n) is 6.95. The molecule has 0 N–H and O–H groups in total. The number of rotatable bonds is 5. The fraction of sp³-hybridized carbons (Fsp3) is 0.870. The molecule has 2 amide bonds. The molecule has 2 heterocycles. The molecule has 3 rings (SSSR count). The van der Waals surface area contributed by atoms with Gasteiger partial charge < -0.3 is 14.5 Å². The summed E-state index contributed by atoms with van der Waals surface area (Å²) < 4.78 is 29.4. The lowest BCUT2D eigenvalue weighted by molar-refractivity contribution is -0.159. The minimum absolute atomic E-state index is 0.00342. The lowest BCUT2D eigenvalue weighted by Crippen LogP contribution is -2.50. The van der Waals surface area contributed by atoms with Gasteiger partial charge in [0.2, 0.25) is 5.91 Å². The summed E-state index contributed by atoms with van der Waals surface area (Å²) in [6.07, 6.45) is 6.45. The van der Waals surface area contributed by atoms with Crippen LogP contribution in [0.2, 0.25) is 0 Å². The van der Waals surface area contributed by atoms with E-state index in [1.165, 1.54) is 0 Å². The highest BCUT2D eigenvalue weighted by molar-refractivity contribution is 7.91. The standard InChI is InChI=1S/C23H38N2O6S/c1-23(2,3)22(28)24-12-9-17(10-13-24)21(27)31-15-20(26)25(18-7-5-4-6-8-18)19-11-14-32(29,30)16-19/h17-19H,4-16H2,1-3H3. The predicted molar refractivity (Wildman–Crippen MR) is 120 cm³/mol. The summed E-state index contributed by atoms with van der Waals surface area (Å²) in [5, 5.41) is 0. The van der Waals surface area contributed by atoms with E-state index in [4.69, 9.17) is 4.74 Å². The maximum Gasteiger partial charge on any atom is 0.309 e. The number of ether oxygens (including phenoxy) is 1. The van der Waals surface area contributed by atoms with Crippen molar-refractivity contribution in [1.82, 2.24) is 9.80 Å². The summed E-state index contributed by atoms with van der Waals surface area (Å²) in [7, 11) is -3.12. The van der Waals surface area contributed by atoms with Crippen LogP contribution in [0, 0.1) is 11.3 Å². The Balaban J connectivity index is 1.54. The van der Waals surface area contributed by atoms with Crippen molar-refractivity contribution < 1.29 is 27.5 Å². The van der Waals surface area contributed by atoms with Gasteiger partial charge in [-0.2, -0.15) is 0 Å². The first kappa shape index (κ1) is 25.0. The fourth-order valence-electron chi connectivity index (χ4n) is 5.18. The lowest BCUT2D eigenvalue weighted by atomic mass is 9.91. The SMILES string of the molecule is CC(C)(C)C(=O)N1CCC(C(=O)OCC(=O)N(C2CCCCC2)C2CCS(=O)(=O)C2)CC1. The highest BCUT2D eigenvalue weighted by Crippen LogP contribution is 2.29. The van der Waals surface area contributed by atoms with Gasteiger partial charge in [-0.05, 0) is 32.1 Å². The Morgan fingerprint density at radius 3 is 2.09 bits per heavy atom. The monoisotopic (exact) mass is 470 g/mol. The van der Waals surface area contributed by atoms with E-state index in [0.29, 0.717) is 32.4 Å². The van der Waals surface area contributed by atoms with E-state index in [1.54, 1.807) is 9.80 Å². The molecule has 32 heavy (non-hydrogen) atoms. The number of likely N-dealkylation sites (tertiary alicyclic amines) is 1. The molecule has 9 heteroatoms. The number of carbonyl (C=O) groups excluding carboxylic acids is 3. The summed E-state index contributed by atoms with van der Waals surface area (Å²) in [5.74, 6) is -0.809. The van der Waals surface area contributed by atoms with Crippen LogP contribution in [-0.2, 0) is 29.0 Å². The van der Waals surface area contributed by atoms with Gasteiger partial charge in [-0.1, -0.05) is 40.0 Å². The number of hydrogen-bond acceptors (Lipinski definition) is 6. The van der Waals surface area contributed by atoms with Crippen molar-refractivity contribution in [3.63, 3.8) is 0 Å². The molecule has 1 saturated carbocycles. The summed E-state index contributed by atoms with van der Waals surface area (Å²) in [6.45, 7) is 6.34. The van der Waals surface area contributed by atoms with Gasteiger partial charge in [0.1, 0.15) is 0 Å². The van der Waals surface area contributed by atoms with E-state index in [9.17, 15) is 22.8 Å². The largest absolute Gasteiger partial charge is 0.455 e. The predicted octanol–water partition coefficient (Wildman–Crippen LogP) is 2.16. The van der Waals surface area contributed by atoms with Gasteiger partial charge in [0.15, 0.2) is 16.4 Å². The van der Waals surface area contributed by atoms with Gasteiger partial charge in [0.25, 0.3) is 5.91 Å². The summed E-state index contributed by atoms with van der Waals surface area (Å²) >= 11 is 0. The van der Waals surface area contributed by atoms with Crippen LogP contribution in [0.25, 0.3) is 0 Å². The first-order valence-corrected chi connectivity index (χ1v) is 13.8. The molecule has 0 radical (unpaired) electrons. The van der Waals surface area contributed by atoms with Crippen LogP contribution in [0.4, 0.5) is 0 Å². The number of sulfone groups is 1. The molecule has 0 bridgehead atoms. The third kappa shape index (κ3) is 6.23. The molecule has 0 aromatic carbocycles. The van der Waals surface area contributed by atoms with Crippen LogP contribution in [-0.4, -0.2) is 79.3 Å². The van der Waals surface area contributed by atoms with Crippen LogP contribution in [0.5, 0.6) is 0 Å². The molecule has 0 aromatic rings. The normalized spacial score (nSPS) is 24.8. The van der Waals surface area contributed by atoms with Gasteiger partial charge in [-0.25, -0.2) is 8.42 Å². The van der Waals surface area contributed by atoms with Crippen LogP contribution in [0.15, 0.2) is 0 Å². The Morgan fingerprint density at radius 1 is 0.938 bits per heavy atom. The average molecular weight is 471 g/mol. The molecule has 3 fully saturated rings. The van der Waals surface area contributed by atoms with Gasteiger partial charge in [-0.15, -0.1) is 0 Å². The van der Waals surface area contributed by atoms with E-state index < -0.39 is 21.2 Å². The van der Waals surface area contributed by atoms with E-state index >= 15 is 0 Å². The number of carbonyl (C=O) groups is 3. The Bertz CT molecular complexity index is 805. The number of piperidine rings is 1. The van der Waals surface area contributed by atoms with Crippen molar-refractivity contribution >= 4 is 27.6 Å². The highest BCUT2D eigenvalue weighted by Gasteiger charge is 2.39. The molecular formula is C23H38N2O6S. The highest BCUT2D eigenvalue weighted by atomic mass is 32.2. The molecule has 8 nitrogen and oxygen atoms in total. The van der Waals surface area contributed by atoms with Crippen molar-refractivity contribution in [3.8, 4) is 0 Å². The van der Waals surface area contributed by atoms with Gasteiger partial charge in [0.05, 0.1) is 17.4 Å². The Morgan fingerprint density at radius 2 is 1.56 bits per heavy atom. The third-order valence-corrected chi connectivity index (χ3v) is 8.70. The van der Waals surface area contributed by atoms with Crippen molar-refractivity contribution in [2.24, 2.45) is 11.3 Å². The van der Waals surface area contributed by atoms with E-state index in [2.05, 4.69) is 0 Å². The van der Waals surface area contributed by atoms with Gasteiger partial charge >= 0.3 is 5.97 Å². The second kappa shape index (κ2) is 10.1. The molecule has 2 saturated heterocycles. The molecule has 1 atom stereocenters. The first-order chi connectivity index (χ1) is 15.0. The zero-order valence-electron chi connectivity index (χ0n) is 19.7. The van der Waals surface area contributed by atoms with Gasteiger partial charge in [0, 0.05) is 30.6 Å². The van der Waals surface area contributed by atoms with Crippen molar-refractivity contribution in [2.75, 3.05) is 31.2 Å². The Labute approximate surface area is 191 Å². The van der Waals surface area contributed by atoms with Crippen LogP contribution in [0.3, 0.4) is 0 Å². The van der Waals surface area contributed by atoms with Gasteiger partial charge in [-0.3, -0.25) is 14.4 Å². The molecular weight excluding hydrogens is 432 g/mol. The quantitative estimate of drug-likeness (QED) is 0.571. The fourth-order valence-corrected chi connectivity index (χ4v) is 6.89. The second-order valence-electron chi connectivity index (χ2n) is 10.6.